The van der Waals surface area contributed by atoms with Crippen molar-refractivity contribution in [2.75, 3.05) is 33.9 Å². The van der Waals surface area contributed by atoms with E-state index < -0.39 is 0 Å². The number of nitrogens with zero attached hydrogens (tertiary/aromatic N) is 1. The van der Waals surface area contributed by atoms with Gasteiger partial charge in [0.1, 0.15) is 6.61 Å². The van der Waals surface area contributed by atoms with Gasteiger partial charge >= 0.3 is 5.97 Å². The number of hydrogen-bond acceptors (Lipinski definition) is 8. The number of aliphatic hydroxyl groups excluding tert-OH is 1. The summed E-state index contributed by atoms with van der Waals surface area (Å²) in [4.78, 5) is 48.4. The van der Waals surface area contributed by atoms with Crippen LogP contribution in [0.5, 0.6) is 0 Å². The van der Waals surface area contributed by atoms with Gasteiger partial charge in [-0.1, -0.05) is 160 Å². The molecule has 5 atom stereocenters. The highest BCUT2D eigenvalue weighted by molar-refractivity contribution is 5.86. The Bertz CT molecular complexity index is 1060. The summed E-state index contributed by atoms with van der Waals surface area (Å²) >= 11 is 0. The minimum Gasteiger partial charge on any atom is -0.461 e. The molecular weight excluding hydrogens is 745 g/mol. The van der Waals surface area contributed by atoms with Crippen LogP contribution in [0.3, 0.4) is 0 Å². The average Bonchev–Trinajstić information content (AvgIpc) is 3.23. The fraction of sp³-hybridized carbons (Fsp3) is 0.750. The number of likely N-dealkylation sites (N-methyl/N-ethyl adjacent to an activating group) is 1. The van der Waals surface area contributed by atoms with E-state index in [9.17, 15) is 19.2 Å². The number of carbonyl (C=O) groups is 4. The summed E-state index contributed by atoms with van der Waals surface area (Å²) in [6.45, 7) is 34.8. The highest BCUT2D eigenvalue weighted by Gasteiger charge is 2.33. The van der Waals surface area contributed by atoms with E-state index in [1.807, 2.05) is 78.9 Å². The molecule has 0 aliphatic rings. The monoisotopic (exact) mass is 841 g/mol. The minimum absolute atomic E-state index is 0.0148. The number of ether oxygens (including phenoxy) is 2. The smallest absolute Gasteiger partial charge is 0.302 e. The molecule has 11 heteroatoms. The average molecular weight is 841 g/mol. The number of aliphatic hydroxyl groups is 1. The molecule has 0 heterocycles. The lowest BCUT2D eigenvalue weighted by molar-refractivity contribution is -0.142. The van der Waals surface area contributed by atoms with Crippen molar-refractivity contribution in [1.82, 2.24) is 15.5 Å². The van der Waals surface area contributed by atoms with Crippen molar-refractivity contribution in [3.8, 4) is 0 Å². The SMILES string of the molecule is C=CN.CC.CC.CC(=O)OCc1ccccc1.CC(C)CO.CCC.CCCCC(C(=O)NCC(=O)N(C)C(C(C)CC)C(CC(C)CCCNC=O)OC)C(C)C. The number of amides is 3. The normalized spacial score (nSPS) is 12.1. The van der Waals surface area contributed by atoms with Crippen molar-refractivity contribution in [3.05, 3.63) is 48.7 Å². The molecule has 0 saturated carbocycles. The summed E-state index contributed by atoms with van der Waals surface area (Å²) in [6.07, 6.45) is 9.72. The Balaban J connectivity index is -0.000000217. The maximum absolute atomic E-state index is 13.1. The van der Waals surface area contributed by atoms with Crippen LogP contribution in [0.25, 0.3) is 0 Å². The van der Waals surface area contributed by atoms with E-state index in [-0.39, 0.29) is 54.2 Å². The van der Waals surface area contributed by atoms with Crippen LogP contribution in [0, 0.1) is 29.6 Å². The Morgan fingerprint density at radius 2 is 1.44 bits per heavy atom. The molecule has 11 nitrogen and oxygen atoms in total. The molecule has 0 fully saturated rings. The summed E-state index contributed by atoms with van der Waals surface area (Å²) < 4.78 is 10.7. The van der Waals surface area contributed by atoms with Gasteiger partial charge in [0.2, 0.25) is 18.2 Å². The Labute approximate surface area is 364 Å². The second-order valence-electron chi connectivity index (χ2n) is 14.7. The Hall–Kier alpha value is -3.44. The van der Waals surface area contributed by atoms with Crippen LogP contribution in [0.1, 0.15) is 161 Å². The third-order valence-corrected chi connectivity index (χ3v) is 8.56. The number of hydrogen-bond donors (Lipinski definition) is 4. The van der Waals surface area contributed by atoms with E-state index in [4.69, 9.17) is 14.6 Å². The van der Waals surface area contributed by atoms with Crippen molar-refractivity contribution in [1.29, 1.82) is 0 Å². The van der Waals surface area contributed by atoms with Gasteiger partial charge in [-0.3, -0.25) is 19.2 Å². The van der Waals surface area contributed by atoms with Crippen LogP contribution < -0.4 is 16.4 Å². The van der Waals surface area contributed by atoms with Gasteiger partial charge in [-0.2, -0.15) is 0 Å². The van der Waals surface area contributed by atoms with Gasteiger partial charge in [-0.05, 0) is 61.1 Å². The Morgan fingerprint density at radius 1 is 0.932 bits per heavy atom. The van der Waals surface area contributed by atoms with Gasteiger partial charge in [0.05, 0.1) is 18.7 Å². The lowest BCUT2D eigenvalue weighted by Crippen LogP contribution is -2.52. The zero-order valence-electron chi connectivity index (χ0n) is 41.2. The molecule has 0 bridgehead atoms. The standard InChI is InChI=1S/C26H51N3O4.C9H10O2.C4H10O.C3H8.C2H5N.2C2H6/c1-9-11-14-22(19(3)4)26(32)28-17-24(31)29(7)25(21(6)10-2)23(33-8)16-20(5)13-12-15-27-18-30;1-8(10)11-7-9-5-3-2-4-6-9;1-4(2)3-5;1-3-2;1-2-3;2*1-2/h18-23,25H,9-17H2,1-8H3,(H,27,30)(H,28,32);2-6H,7H2,1H3;4-5H,3H2,1-2H3;3H2,1-2H3;2H,1,3H2;2*1-2H3. The van der Waals surface area contributed by atoms with E-state index in [2.05, 4.69) is 78.3 Å². The predicted octanol–water partition coefficient (Wildman–Crippen LogP) is 9.95. The van der Waals surface area contributed by atoms with Crippen molar-refractivity contribution in [2.24, 2.45) is 35.3 Å². The predicted molar refractivity (Wildman–Crippen MR) is 252 cm³/mol. The third kappa shape index (κ3) is 44.0. The number of esters is 1. The number of unbranched alkanes of at least 4 members (excludes halogenated alkanes) is 1. The lowest BCUT2D eigenvalue weighted by Gasteiger charge is -2.39. The summed E-state index contributed by atoms with van der Waals surface area (Å²) in [5.41, 5.74) is 5.63. The van der Waals surface area contributed by atoms with Gasteiger partial charge in [0, 0.05) is 40.2 Å². The molecule has 350 valence electrons. The van der Waals surface area contributed by atoms with Crippen LogP contribution in [-0.2, 0) is 35.3 Å². The summed E-state index contributed by atoms with van der Waals surface area (Å²) in [5, 5.41) is 13.7. The minimum atomic E-state index is -0.242. The molecule has 1 aromatic rings. The van der Waals surface area contributed by atoms with Crippen LogP contribution in [0.15, 0.2) is 43.1 Å². The first-order valence-electron chi connectivity index (χ1n) is 22.4. The van der Waals surface area contributed by atoms with E-state index in [1.165, 1.54) is 19.5 Å². The number of benzene rings is 1. The van der Waals surface area contributed by atoms with Crippen molar-refractivity contribution >= 4 is 24.2 Å². The number of carbonyl (C=O) groups excluding carboxylic acids is 4. The Morgan fingerprint density at radius 3 is 1.83 bits per heavy atom. The quantitative estimate of drug-likeness (QED) is 0.0510. The molecular formula is C48H96N4O7. The van der Waals surface area contributed by atoms with Crippen LogP contribution in [0.4, 0.5) is 0 Å². The molecule has 0 aliphatic carbocycles. The number of rotatable bonds is 22. The highest BCUT2D eigenvalue weighted by Crippen LogP contribution is 2.26. The molecule has 1 rings (SSSR count). The van der Waals surface area contributed by atoms with E-state index >= 15 is 0 Å². The van der Waals surface area contributed by atoms with Gasteiger partial charge in [-0.25, -0.2) is 0 Å². The van der Waals surface area contributed by atoms with E-state index in [0.717, 1.165) is 56.9 Å². The van der Waals surface area contributed by atoms with Crippen molar-refractivity contribution < 1.29 is 33.8 Å². The maximum Gasteiger partial charge on any atom is 0.302 e. The number of nitrogens with two attached hydrogens (primary N) is 1. The van der Waals surface area contributed by atoms with Crippen LogP contribution in [-0.4, -0.2) is 80.2 Å². The van der Waals surface area contributed by atoms with Gasteiger partial charge in [0.15, 0.2) is 0 Å². The largest absolute Gasteiger partial charge is 0.461 e. The zero-order chi connectivity index (χ0) is 47.2. The second kappa shape index (κ2) is 50.7. The first kappa shape index (κ1) is 67.3. The maximum atomic E-state index is 13.1. The van der Waals surface area contributed by atoms with Gasteiger partial charge in [0.25, 0.3) is 0 Å². The molecule has 0 radical (unpaired) electrons. The molecule has 0 aliphatic heterocycles. The molecule has 5 unspecified atom stereocenters. The molecule has 0 saturated heterocycles. The molecule has 59 heavy (non-hydrogen) atoms. The second-order valence-corrected chi connectivity index (χ2v) is 14.7. The van der Waals surface area contributed by atoms with Gasteiger partial charge in [-0.15, -0.1) is 0 Å². The third-order valence-electron chi connectivity index (χ3n) is 8.56. The summed E-state index contributed by atoms with van der Waals surface area (Å²) in [6, 6.07) is 9.53. The van der Waals surface area contributed by atoms with E-state index in [0.29, 0.717) is 31.6 Å². The lowest BCUT2D eigenvalue weighted by atomic mass is 9.87. The molecule has 0 spiro atoms. The molecule has 0 aromatic heterocycles. The Kier molecular flexibility index (Phi) is 57.9. The number of nitrogens with one attached hydrogen (secondary N) is 2. The molecule has 5 N–H and O–H groups in total. The van der Waals surface area contributed by atoms with E-state index in [1.54, 1.807) is 12.0 Å². The fourth-order valence-corrected chi connectivity index (χ4v) is 5.28. The fourth-order valence-electron chi connectivity index (χ4n) is 5.28. The van der Waals surface area contributed by atoms with Crippen LogP contribution in [0.2, 0.25) is 0 Å². The zero-order valence-corrected chi connectivity index (χ0v) is 41.2. The summed E-state index contributed by atoms with van der Waals surface area (Å²) in [5.74, 6) is 0.939. The molecule has 3 amide bonds. The van der Waals surface area contributed by atoms with Crippen molar-refractivity contribution in [2.45, 2.75) is 174 Å². The first-order valence-corrected chi connectivity index (χ1v) is 22.4. The first-order chi connectivity index (χ1) is 28.0. The molecule has 1 aromatic carbocycles. The highest BCUT2D eigenvalue weighted by atomic mass is 16.5. The van der Waals surface area contributed by atoms with Gasteiger partial charge < -0.3 is 35.8 Å². The topological polar surface area (TPSA) is 160 Å². The van der Waals surface area contributed by atoms with Crippen molar-refractivity contribution in [3.63, 3.8) is 0 Å². The van der Waals surface area contributed by atoms with Crippen LogP contribution >= 0.6 is 0 Å². The summed E-state index contributed by atoms with van der Waals surface area (Å²) in [7, 11) is 3.54. The number of methoxy groups -OCH3 is 1.